The van der Waals surface area contributed by atoms with Crippen molar-refractivity contribution in [1.82, 2.24) is 5.32 Å². The number of aliphatic hydroxyl groups is 1. The van der Waals surface area contributed by atoms with Gasteiger partial charge in [0.1, 0.15) is 0 Å². The molecular weight excluding hydrogens is 270 g/mol. The molecule has 2 N–H and O–H groups in total. The van der Waals surface area contributed by atoms with Gasteiger partial charge < -0.3 is 10.4 Å². The second-order valence-corrected chi connectivity index (χ2v) is 7.05. The molecule has 0 aromatic carbocycles. The minimum absolute atomic E-state index is 0.0549. The molecule has 1 amide bonds. The average Bonchev–Trinajstić information content (AvgIpc) is 2.95. The van der Waals surface area contributed by atoms with Crippen molar-refractivity contribution in [2.45, 2.75) is 58.0 Å². The highest BCUT2D eigenvalue weighted by molar-refractivity contribution is 7.14. The zero-order chi connectivity index (χ0) is 14.6. The number of nitrogens with one attached hydrogen (secondary N) is 1. The Hall–Kier alpha value is -0.870. The molecule has 0 bridgehead atoms. The SMILES string of the molecule is CCc1ccc(C(=O)NCC2(O)CCC(CC)CC2)s1. The maximum absolute atomic E-state index is 12.1. The van der Waals surface area contributed by atoms with Crippen molar-refractivity contribution in [1.29, 1.82) is 0 Å². The molecule has 1 heterocycles. The van der Waals surface area contributed by atoms with Crippen LogP contribution in [0.3, 0.4) is 0 Å². The molecule has 1 fully saturated rings. The molecule has 112 valence electrons. The zero-order valence-electron chi connectivity index (χ0n) is 12.4. The molecule has 0 atom stereocenters. The van der Waals surface area contributed by atoms with Crippen LogP contribution in [0.1, 0.15) is 60.5 Å². The molecule has 1 saturated carbocycles. The average molecular weight is 295 g/mol. The van der Waals surface area contributed by atoms with Gasteiger partial charge in [-0.15, -0.1) is 11.3 Å². The third kappa shape index (κ3) is 3.83. The van der Waals surface area contributed by atoms with Crippen LogP contribution in [0.4, 0.5) is 0 Å². The molecular formula is C16H25NO2S. The summed E-state index contributed by atoms with van der Waals surface area (Å²) in [5, 5.41) is 13.4. The summed E-state index contributed by atoms with van der Waals surface area (Å²) in [6, 6.07) is 3.87. The van der Waals surface area contributed by atoms with E-state index in [0.717, 1.165) is 42.9 Å². The zero-order valence-corrected chi connectivity index (χ0v) is 13.3. The van der Waals surface area contributed by atoms with E-state index in [1.54, 1.807) is 0 Å². The van der Waals surface area contributed by atoms with Gasteiger partial charge in [-0.1, -0.05) is 20.3 Å². The lowest BCUT2D eigenvalue weighted by molar-refractivity contribution is -0.00783. The Kier molecular flexibility index (Phi) is 5.22. The molecule has 0 aliphatic heterocycles. The lowest BCUT2D eigenvalue weighted by Crippen LogP contribution is -2.45. The number of carbonyl (C=O) groups is 1. The summed E-state index contributed by atoms with van der Waals surface area (Å²) in [6.07, 6.45) is 5.90. The molecule has 1 aromatic heterocycles. The van der Waals surface area contributed by atoms with Gasteiger partial charge in [0.05, 0.1) is 10.5 Å². The number of aryl methyl sites for hydroxylation is 1. The van der Waals surface area contributed by atoms with Crippen LogP contribution in [0.25, 0.3) is 0 Å². The molecule has 20 heavy (non-hydrogen) atoms. The van der Waals surface area contributed by atoms with Crippen molar-refractivity contribution >= 4 is 17.2 Å². The first-order valence-electron chi connectivity index (χ1n) is 7.65. The summed E-state index contributed by atoms with van der Waals surface area (Å²) in [7, 11) is 0. The van der Waals surface area contributed by atoms with Crippen LogP contribution in [0.15, 0.2) is 12.1 Å². The van der Waals surface area contributed by atoms with Gasteiger partial charge in [0.25, 0.3) is 5.91 Å². The van der Waals surface area contributed by atoms with Crippen LogP contribution >= 0.6 is 11.3 Å². The molecule has 1 aliphatic rings. The molecule has 1 aromatic rings. The minimum atomic E-state index is -0.702. The highest BCUT2D eigenvalue weighted by Crippen LogP contribution is 2.33. The highest BCUT2D eigenvalue weighted by Gasteiger charge is 2.32. The predicted molar refractivity (Wildman–Crippen MR) is 83.2 cm³/mol. The van der Waals surface area contributed by atoms with Crippen LogP contribution < -0.4 is 5.32 Å². The molecule has 0 spiro atoms. The van der Waals surface area contributed by atoms with Gasteiger partial charge in [0, 0.05) is 11.4 Å². The number of rotatable bonds is 5. The van der Waals surface area contributed by atoms with E-state index in [-0.39, 0.29) is 5.91 Å². The van der Waals surface area contributed by atoms with Crippen LogP contribution in [-0.4, -0.2) is 23.2 Å². The minimum Gasteiger partial charge on any atom is -0.388 e. The van der Waals surface area contributed by atoms with Gasteiger partial charge in [-0.2, -0.15) is 0 Å². The van der Waals surface area contributed by atoms with E-state index in [2.05, 4.69) is 19.2 Å². The van der Waals surface area contributed by atoms with Gasteiger partial charge in [-0.25, -0.2) is 0 Å². The van der Waals surface area contributed by atoms with Crippen LogP contribution in [0, 0.1) is 5.92 Å². The van der Waals surface area contributed by atoms with Crippen molar-refractivity contribution in [3.8, 4) is 0 Å². The number of hydrogen-bond donors (Lipinski definition) is 2. The monoisotopic (exact) mass is 295 g/mol. The van der Waals surface area contributed by atoms with Crippen molar-refractivity contribution in [3.63, 3.8) is 0 Å². The topological polar surface area (TPSA) is 49.3 Å². The first kappa shape index (κ1) is 15.5. The summed E-state index contributed by atoms with van der Waals surface area (Å²) in [5.41, 5.74) is -0.702. The van der Waals surface area contributed by atoms with Gasteiger partial charge in [0.15, 0.2) is 0 Å². The third-order valence-electron chi connectivity index (χ3n) is 4.43. The Morgan fingerprint density at radius 1 is 1.40 bits per heavy atom. The van der Waals surface area contributed by atoms with Crippen LogP contribution in [-0.2, 0) is 6.42 Å². The van der Waals surface area contributed by atoms with E-state index >= 15 is 0 Å². The van der Waals surface area contributed by atoms with Gasteiger partial charge >= 0.3 is 0 Å². The molecule has 0 unspecified atom stereocenters. The van der Waals surface area contributed by atoms with Crippen molar-refractivity contribution in [2.24, 2.45) is 5.92 Å². The van der Waals surface area contributed by atoms with E-state index in [4.69, 9.17) is 0 Å². The molecule has 4 heteroatoms. The second-order valence-electron chi connectivity index (χ2n) is 5.88. The Balaban J connectivity index is 1.84. The fourth-order valence-electron chi connectivity index (χ4n) is 2.82. The van der Waals surface area contributed by atoms with Gasteiger partial charge in [-0.05, 0) is 50.2 Å². The van der Waals surface area contributed by atoms with E-state index in [0.29, 0.717) is 6.54 Å². The fraction of sp³-hybridized carbons (Fsp3) is 0.688. The summed E-state index contributed by atoms with van der Waals surface area (Å²) >= 11 is 1.54. The van der Waals surface area contributed by atoms with E-state index in [9.17, 15) is 9.90 Å². The van der Waals surface area contributed by atoms with E-state index in [1.807, 2.05) is 12.1 Å². The van der Waals surface area contributed by atoms with E-state index < -0.39 is 5.60 Å². The van der Waals surface area contributed by atoms with Crippen LogP contribution in [0.5, 0.6) is 0 Å². The van der Waals surface area contributed by atoms with Crippen molar-refractivity contribution in [2.75, 3.05) is 6.54 Å². The highest BCUT2D eigenvalue weighted by atomic mass is 32.1. The number of hydrogen-bond acceptors (Lipinski definition) is 3. The quantitative estimate of drug-likeness (QED) is 0.875. The fourth-order valence-corrected chi connectivity index (χ4v) is 3.69. The first-order chi connectivity index (χ1) is 9.56. The molecule has 1 aliphatic carbocycles. The molecule has 0 saturated heterocycles. The van der Waals surface area contributed by atoms with Crippen LogP contribution in [0.2, 0.25) is 0 Å². The van der Waals surface area contributed by atoms with Crippen molar-refractivity contribution < 1.29 is 9.90 Å². The van der Waals surface area contributed by atoms with E-state index in [1.165, 1.54) is 22.6 Å². The Morgan fingerprint density at radius 2 is 2.10 bits per heavy atom. The summed E-state index contributed by atoms with van der Waals surface area (Å²) in [4.78, 5) is 14.0. The smallest absolute Gasteiger partial charge is 0.261 e. The Morgan fingerprint density at radius 3 is 2.65 bits per heavy atom. The van der Waals surface area contributed by atoms with Crippen molar-refractivity contribution in [3.05, 3.63) is 21.9 Å². The third-order valence-corrected chi connectivity index (χ3v) is 5.65. The maximum atomic E-state index is 12.1. The second kappa shape index (κ2) is 6.72. The normalized spacial score (nSPS) is 26.4. The summed E-state index contributed by atoms with van der Waals surface area (Å²) in [6.45, 7) is 4.67. The standard InChI is InChI=1S/C16H25NO2S/c1-3-12-7-9-16(19,10-8-12)11-17-15(18)14-6-5-13(4-2)20-14/h5-6,12,19H,3-4,7-11H2,1-2H3,(H,17,18). The summed E-state index contributed by atoms with van der Waals surface area (Å²) < 4.78 is 0. The predicted octanol–water partition coefficient (Wildman–Crippen LogP) is 3.37. The molecule has 0 radical (unpaired) electrons. The largest absolute Gasteiger partial charge is 0.388 e. The maximum Gasteiger partial charge on any atom is 0.261 e. The molecule has 3 nitrogen and oxygen atoms in total. The number of thiophene rings is 1. The lowest BCUT2D eigenvalue weighted by Gasteiger charge is -2.35. The molecule has 2 rings (SSSR count). The summed E-state index contributed by atoms with van der Waals surface area (Å²) in [5.74, 6) is 0.691. The lowest BCUT2D eigenvalue weighted by atomic mass is 9.78. The number of carbonyl (C=O) groups excluding carboxylic acids is 1. The number of amides is 1. The Bertz CT molecular complexity index is 447. The first-order valence-corrected chi connectivity index (χ1v) is 8.47. The van der Waals surface area contributed by atoms with Gasteiger partial charge in [0.2, 0.25) is 0 Å². The van der Waals surface area contributed by atoms with Gasteiger partial charge in [-0.3, -0.25) is 4.79 Å². The Labute approximate surface area is 125 Å².